The molecule has 180 valence electrons. The molecule has 0 spiro atoms. The van der Waals surface area contributed by atoms with Crippen molar-refractivity contribution < 1.29 is 18.8 Å². The molecule has 31 heavy (non-hydrogen) atoms. The van der Waals surface area contributed by atoms with Crippen LogP contribution >= 0.6 is 0 Å². The fraction of sp³-hybridized carbons (Fsp3) is 0.917. The molecule has 0 unspecified atom stereocenters. The number of piperazine rings is 1. The summed E-state index contributed by atoms with van der Waals surface area (Å²) in [5.74, 6) is 0.342. The number of amides is 2. The molecule has 1 saturated carbocycles. The van der Waals surface area contributed by atoms with Gasteiger partial charge in [-0.1, -0.05) is 55.4 Å². The monoisotopic (exact) mass is 454 g/mol. The minimum Gasteiger partial charge on any atom is -0.449 e. The van der Waals surface area contributed by atoms with Gasteiger partial charge in [-0.3, -0.25) is 9.69 Å². The van der Waals surface area contributed by atoms with Crippen molar-refractivity contribution in [2.24, 2.45) is 5.92 Å². The van der Waals surface area contributed by atoms with Crippen LogP contribution in [-0.4, -0.2) is 68.5 Å². The lowest BCUT2D eigenvalue weighted by Gasteiger charge is -2.47. The van der Waals surface area contributed by atoms with E-state index in [0.29, 0.717) is 48.3 Å². The lowest BCUT2D eigenvalue weighted by atomic mass is 9.91. The van der Waals surface area contributed by atoms with Crippen molar-refractivity contribution in [1.29, 1.82) is 0 Å². The molecular weight excluding hydrogens is 408 g/mol. The maximum absolute atomic E-state index is 12.8. The minimum atomic E-state index is -1.87. The zero-order chi connectivity index (χ0) is 23.3. The maximum Gasteiger partial charge on any atom is 0.410 e. The second-order valence-corrected chi connectivity index (χ2v) is 16.3. The molecule has 0 aromatic heterocycles. The third-order valence-electron chi connectivity index (χ3n) is 7.22. The van der Waals surface area contributed by atoms with E-state index in [-0.39, 0.29) is 24.6 Å². The number of rotatable bonds is 8. The molecule has 1 saturated heterocycles. The highest BCUT2D eigenvalue weighted by atomic mass is 28.4. The first-order valence-electron chi connectivity index (χ1n) is 12.4. The second kappa shape index (κ2) is 11.2. The molecule has 2 fully saturated rings. The molecule has 1 heterocycles. The first-order chi connectivity index (χ1) is 14.5. The van der Waals surface area contributed by atoms with Crippen LogP contribution in [0.2, 0.25) is 16.6 Å². The second-order valence-electron chi connectivity index (χ2n) is 10.8. The fourth-order valence-electron chi connectivity index (χ4n) is 5.73. The first-order valence-corrected chi connectivity index (χ1v) is 14.5. The number of hydrogen-bond donors (Lipinski definition) is 0. The van der Waals surface area contributed by atoms with Crippen molar-refractivity contribution in [3.8, 4) is 0 Å². The van der Waals surface area contributed by atoms with Crippen LogP contribution in [0.1, 0.15) is 81.1 Å². The highest BCUT2D eigenvalue weighted by Crippen LogP contribution is 2.44. The molecule has 0 N–H and O–H groups in total. The Morgan fingerprint density at radius 2 is 1.48 bits per heavy atom. The molecule has 0 radical (unpaired) electrons. The van der Waals surface area contributed by atoms with Crippen molar-refractivity contribution >= 4 is 20.3 Å². The molecule has 0 aromatic rings. The van der Waals surface area contributed by atoms with Crippen LogP contribution in [0.5, 0.6) is 0 Å². The Balaban J connectivity index is 1.89. The molecule has 2 rings (SSSR count). The van der Waals surface area contributed by atoms with Gasteiger partial charge in [0.25, 0.3) is 0 Å². The standard InChI is InChI=1S/C24H46N2O4Si/c1-17(2)16-29-24(28)25-13-14-26(23(27)15-25)21-9-11-22(12-10-21)30-31(18(3)4,19(5)6)20(7)8/h17-22H,9-16H2,1-8H3. The molecule has 6 nitrogen and oxygen atoms in total. The fourth-order valence-corrected chi connectivity index (χ4v) is 11.4. The summed E-state index contributed by atoms with van der Waals surface area (Å²) in [4.78, 5) is 28.5. The van der Waals surface area contributed by atoms with E-state index in [1.807, 2.05) is 18.7 Å². The van der Waals surface area contributed by atoms with Gasteiger partial charge in [0, 0.05) is 25.2 Å². The largest absolute Gasteiger partial charge is 0.449 e. The lowest BCUT2D eigenvalue weighted by molar-refractivity contribution is -0.139. The van der Waals surface area contributed by atoms with Crippen molar-refractivity contribution in [2.75, 3.05) is 26.2 Å². The van der Waals surface area contributed by atoms with Gasteiger partial charge in [-0.15, -0.1) is 0 Å². The van der Waals surface area contributed by atoms with Crippen LogP contribution in [0.15, 0.2) is 0 Å². The van der Waals surface area contributed by atoms with E-state index in [1.165, 1.54) is 0 Å². The van der Waals surface area contributed by atoms with Gasteiger partial charge in [0.15, 0.2) is 0 Å². The summed E-state index contributed by atoms with van der Waals surface area (Å²) in [6.45, 7) is 19.7. The van der Waals surface area contributed by atoms with Crippen LogP contribution in [0.4, 0.5) is 4.79 Å². The normalized spacial score (nSPS) is 23.4. The lowest BCUT2D eigenvalue weighted by Crippen LogP contribution is -2.57. The molecule has 7 heteroatoms. The van der Waals surface area contributed by atoms with E-state index in [9.17, 15) is 9.59 Å². The van der Waals surface area contributed by atoms with Crippen LogP contribution < -0.4 is 0 Å². The molecule has 1 aliphatic heterocycles. The highest BCUT2D eigenvalue weighted by molar-refractivity contribution is 6.77. The smallest absolute Gasteiger partial charge is 0.410 e. The van der Waals surface area contributed by atoms with E-state index < -0.39 is 8.32 Å². The quantitative estimate of drug-likeness (QED) is 0.459. The molecular formula is C24H46N2O4Si. The first kappa shape index (κ1) is 26.2. The predicted molar refractivity (Wildman–Crippen MR) is 128 cm³/mol. The third kappa shape index (κ3) is 6.25. The van der Waals surface area contributed by atoms with E-state index in [0.717, 1.165) is 25.7 Å². The zero-order valence-corrected chi connectivity index (χ0v) is 22.1. The Morgan fingerprint density at radius 3 is 1.94 bits per heavy atom. The highest BCUT2D eigenvalue weighted by Gasteiger charge is 2.47. The van der Waals surface area contributed by atoms with Crippen LogP contribution in [0.25, 0.3) is 0 Å². The van der Waals surface area contributed by atoms with Gasteiger partial charge >= 0.3 is 6.09 Å². The SMILES string of the molecule is CC(C)COC(=O)N1CCN(C2CCC(O[Si](C(C)C)(C(C)C)C(C)C)CC2)C(=O)C1. The van der Waals surface area contributed by atoms with Crippen molar-refractivity contribution in [3.63, 3.8) is 0 Å². The summed E-state index contributed by atoms with van der Waals surface area (Å²) in [5, 5.41) is 0. The minimum absolute atomic E-state index is 0.0485. The van der Waals surface area contributed by atoms with E-state index in [2.05, 4.69) is 41.5 Å². The number of carbonyl (C=O) groups excluding carboxylic acids is 2. The third-order valence-corrected chi connectivity index (χ3v) is 13.4. The van der Waals surface area contributed by atoms with Crippen molar-refractivity contribution in [3.05, 3.63) is 0 Å². The van der Waals surface area contributed by atoms with Gasteiger partial charge in [0.05, 0.1) is 6.61 Å². The molecule has 0 aromatic carbocycles. The Bertz CT molecular complexity index is 579. The summed E-state index contributed by atoms with van der Waals surface area (Å²) in [5.41, 5.74) is 1.78. The van der Waals surface area contributed by atoms with Crippen LogP contribution in [0, 0.1) is 5.92 Å². The Labute approximate surface area is 191 Å². The van der Waals surface area contributed by atoms with Gasteiger partial charge in [-0.2, -0.15) is 0 Å². The van der Waals surface area contributed by atoms with Gasteiger partial charge in [-0.25, -0.2) is 4.79 Å². The van der Waals surface area contributed by atoms with Gasteiger partial charge < -0.3 is 14.1 Å². The summed E-state index contributed by atoms with van der Waals surface area (Å²) in [6.07, 6.45) is 3.99. The summed E-state index contributed by atoms with van der Waals surface area (Å²) >= 11 is 0. The van der Waals surface area contributed by atoms with E-state index in [1.54, 1.807) is 4.90 Å². The average molecular weight is 455 g/mol. The van der Waals surface area contributed by atoms with E-state index in [4.69, 9.17) is 9.16 Å². The number of carbonyl (C=O) groups is 2. The molecule has 2 aliphatic rings. The van der Waals surface area contributed by atoms with Crippen LogP contribution in [-0.2, 0) is 14.0 Å². The Morgan fingerprint density at radius 1 is 0.935 bits per heavy atom. The number of ether oxygens (including phenoxy) is 1. The summed E-state index contributed by atoms with van der Waals surface area (Å²) < 4.78 is 12.3. The maximum atomic E-state index is 12.8. The molecule has 2 amide bonds. The molecule has 1 aliphatic carbocycles. The number of nitrogens with zero attached hydrogens (tertiary/aromatic N) is 2. The predicted octanol–water partition coefficient (Wildman–Crippen LogP) is 5.43. The van der Waals surface area contributed by atoms with Crippen LogP contribution in [0.3, 0.4) is 0 Å². The van der Waals surface area contributed by atoms with Crippen molar-refractivity contribution in [2.45, 2.75) is 110 Å². The Kier molecular flexibility index (Phi) is 9.43. The summed E-state index contributed by atoms with van der Waals surface area (Å²) in [7, 11) is -1.87. The van der Waals surface area contributed by atoms with E-state index >= 15 is 0 Å². The Hall–Kier alpha value is -1.08. The van der Waals surface area contributed by atoms with Gasteiger partial charge in [0.2, 0.25) is 14.2 Å². The summed E-state index contributed by atoms with van der Waals surface area (Å²) in [6, 6.07) is 0.273. The topological polar surface area (TPSA) is 59.1 Å². The van der Waals surface area contributed by atoms with Gasteiger partial charge in [0.1, 0.15) is 6.54 Å². The molecule has 0 atom stereocenters. The number of hydrogen-bond acceptors (Lipinski definition) is 4. The molecule has 0 bridgehead atoms. The van der Waals surface area contributed by atoms with Crippen molar-refractivity contribution in [1.82, 2.24) is 9.80 Å². The van der Waals surface area contributed by atoms with Gasteiger partial charge in [-0.05, 0) is 48.2 Å². The zero-order valence-electron chi connectivity index (χ0n) is 21.1. The average Bonchev–Trinajstić information content (AvgIpc) is 2.69.